The molecule has 0 aromatic heterocycles. The standard InChI is InChI=1S/C6H12O3.C4H6O2.H2O/c1-7-5-3-4-6(8-2)9-5;5-3-1-2-4-6;/h5-6H,3-4H2,1-2H3;3-4H,1-2H2;1H2. The van der Waals surface area contributed by atoms with Crippen LogP contribution >= 0.6 is 0 Å². The molecule has 6 nitrogen and oxygen atoms in total. The van der Waals surface area contributed by atoms with Gasteiger partial charge in [-0.1, -0.05) is 0 Å². The van der Waals surface area contributed by atoms with Gasteiger partial charge < -0.3 is 29.3 Å². The highest BCUT2D eigenvalue weighted by molar-refractivity contribution is 5.58. The molecule has 2 atom stereocenters. The van der Waals surface area contributed by atoms with E-state index in [4.69, 9.17) is 14.2 Å². The van der Waals surface area contributed by atoms with E-state index in [1.807, 2.05) is 0 Å². The molecule has 0 aliphatic carbocycles. The minimum absolute atomic E-state index is 0. The molecule has 1 saturated heterocycles. The molecular weight excluding hydrogens is 216 g/mol. The number of aldehydes is 2. The van der Waals surface area contributed by atoms with E-state index in [9.17, 15) is 9.59 Å². The third kappa shape index (κ3) is 8.49. The molecule has 96 valence electrons. The molecule has 0 radical (unpaired) electrons. The Hall–Kier alpha value is -0.820. The highest BCUT2D eigenvalue weighted by Crippen LogP contribution is 2.19. The van der Waals surface area contributed by atoms with Crippen LogP contribution in [0.3, 0.4) is 0 Å². The van der Waals surface area contributed by atoms with Crippen LogP contribution in [0.4, 0.5) is 0 Å². The number of carbonyl (C=O) groups excluding carboxylic acids is 2. The van der Waals surface area contributed by atoms with Crippen LogP contribution < -0.4 is 0 Å². The van der Waals surface area contributed by atoms with E-state index in [1.165, 1.54) is 0 Å². The molecule has 0 saturated carbocycles. The van der Waals surface area contributed by atoms with Crippen molar-refractivity contribution in [3.05, 3.63) is 0 Å². The number of carbonyl (C=O) groups is 2. The average molecular weight is 236 g/mol. The van der Waals surface area contributed by atoms with Gasteiger partial charge in [-0.05, 0) is 0 Å². The van der Waals surface area contributed by atoms with Crippen molar-refractivity contribution in [2.24, 2.45) is 0 Å². The molecule has 6 heteroatoms. The maximum absolute atomic E-state index is 9.40. The second-order valence-electron chi connectivity index (χ2n) is 2.95. The molecule has 16 heavy (non-hydrogen) atoms. The molecular formula is C10H20O6. The first-order valence-corrected chi connectivity index (χ1v) is 4.86. The Balaban J connectivity index is 0. The highest BCUT2D eigenvalue weighted by Gasteiger charge is 2.23. The zero-order valence-electron chi connectivity index (χ0n) is 9.68. The zero-order valence-corrected chi connectivity index (χ0v) is 9.68. The van der Waals surface area contributed by atoms with E-state index >= 15 is 0 Å². The fourth-order valence-corrected chi connectivity index (χ4v) is 1.06. The molecule has 0 bridgehead atoms. The van der Waals surface area contributed by atoms with Crippen molar-refractivity contribution in [1.29, 1.82) is 0 Å². The van der Waals surface area contributed by atoms with Gasteiger partial charge in [-0.3, -0.25) is 0 Å². The summed E-state index contributed by atoms with van der Waals surface area (Å²) in [5.41, 5.74) is 0. The van der Waals surface area contributed by atoms with Gasteiger partial charge in [0.25, 0.3) is 0 Å². The van der Waals surface area contributed by atoms with Gasteiger partial charge in [0, 0.05) is 39.9 Å². The van der Waals surface area contributed by atoms with Gasteiger partial charge in [-0.2, -0.15) is 0 Å². The summed E-state index contributed by atoms with van der Waals surface area (Å²) in [5.74, 6) is 0. The van der Waals surface area contributed by atoms with Crippen LogP contribution in [0.25, 0.3) is 0 Å². The smallest absolute Gasteiger partial charge is 0.160 e. The lowest BCUT2D eigenvalue weighted by Crippen LogP contribution is -2.13. The normalized spacial score (nSPS) is 22.6. The van der Waals surface area contributed by atoms with Crippen LogP contribution in [0.1, 0.15) is 25.7 Å². The molecule has 0 spiro atoms. The van der Waals surface area contributed by atoms with Crippen molar-refractivity contribution in [2.75, 3.05) is 14.2 Å². The highest BCUT2D eigenvalue weighted by atomic mass is 16.8. The quantitative estimate of drug-likeness (QED) is 0.498. The van der Waals surface area contributed by atoms with E-state index in [1.54, 1.807) is 14.2 Å². The van der Waals surface area contributed by atoms with Gasteiger partial charge in [0.2, 0.25) is 0 Å². The second-order valence-corrected chi connectivity index (χ2v) is 2.95. The van der Waals surface area contributed by atoms with Crippen molar-refractivity contribution in [1.82, 2.24) is 0 Å². The summed E-state index contributed by atoms with van der Waals surface area (Å²) in [6, 6.07) is 0. The minimum Gasteiger partial charge on any atom is -0.412 e. The maximum Gasteiger partial charge on any atom is 0.160 e. The first kappa shape index (κ1) is 17.6. The Labute approximate surface area is 95.2 Å². The molecule has 1 aliphatic rings. The van der Waals surface area contributed by atoms with E-state index < -0.39 is 0 Å². The van der Waals surface area contributed by atoms with Crippen molar-refractivity contribution in [2.45, 2.75) is 38.3 Å². The topological polar surface area (TPSA) is 93.3 Å². The number of unbranched alkanes of at least 4 members (excludes halogenated alkanes) is 1. The second kappa shape index (κ2) is 12.3. The van der Waals surface area contributed by atoms with Crippen LogP contribution in [0.2, 0.25) is 0 Å². The number of rotatable bonds is 5. The van der Waals surface area contributed by atoms with E-state index in [2.05, 4.69) is 0 Å². The number of ether oxygens (including phenoxy) is 3. The fourth-order valence-electron chi connectivity index (χ4n) is 1.06. The summed E-state index contributed by atoms with van der Waals surface area (Å²) in [4.78, 5) is 18.8. The molecule has 2 N–H and O–H groups in total. The van der Waals surface area contributed by atoms with Gasteiger partial charge in [0.05, 0.1) is 0 Å². The predicted octanol–water partition coefficient (Wildman–Crippen LogP) is 0.0815. The Bertz CT molecular complexity index is 155. The van der Waals surface area contributed by atoms with Crippen molar-refractivity contribution >= 4 is 12.6 Å². The number of hydrogen-bond acceptors (Lipinski definition) is 5. The van der Waals surface area contributed by atoms with Gasteiger partial charge in [0.15, 0.2) is 12.6 Å². The molecule has 1 rings (SSSR count). The summed E-state index contributed by atoms with van der Waals surface area (Å²) < 4.78 is 15.1. The molecule has 1 aliphatic heterocycles. The minimum atomic E-state index is -0.0463. The Kier molecular flexibility index (Phi) is 13.5. The van der Waals surface area contributed by atoms with Gasteiger partial charge in [-0.15, -0.1) is 0 Å². The van der Waals surface area contributed by atoms with Crippen molar-refractivity contribution in [3.63, 3.8) is 0 Å². The zero-order chi connectivity index (χ0) is 11.5. The summed E-state index contributed by atoms with van der Waals surface area (Å²) in [6.07, 6.45) is 3.98. The van der Waals surface area contributed by atoms with E-state index in [0.717, 1.165) is 25.4 Å². The Morgan fingerprint density at radius 2 is 1.44 bits per heavy atom. The van der Waals surface area contributed by atoms with Crippen molar-refractivity contribution in [3.8, 4) is 0 Å². The lowest BCUT2D eigenvalue weighted by atomic mass is 10.3. The molecule has 1 fully saturated rings. The largest absolute Gasteiger partial charge is 0.412 e. The van der Waals surface area contributed by atoms with Crippen LogP contribution in [-0.2, 0) is 23.8 Å². The molecule has 1 heterocycles. The number of methoxy groups -OCH3 is 2. The SMILES string of the molecule is COC1CCC(OC)O1.O.O=CCCC=O. The Morgan fingerprint density at radius 1 is 1.06 bits per heavy atom. The van der Waals surface area contributed by atoms with Crippen LogP contribution in [0.5, 0.6) is 0 Å². The van der Waals surface area contributed by atoms with E-state index in [0.29, 0.717) is 12.8 Å². The fraction of sp³-hybridized carbons (Fsp3) is 0.800. The Morgan fingerprint density at radius 3 is 1.62 bits per heavy atom. The summed E-state index contributed by atoms with van der Waals surface area (Å²) in [6.45, 7) is 0. The first-order valence-electron chi connectivity index (χ1n) is 4.86. The maximum atomic E-state index is 9.40. The third-order valence-corrected chi connectivity index (χ3v) is 1.87. The number of hydrogen-bond donors (Lipinski definition) is 0. The van der Waals surface area contributed by atoms with Crippen LogP contribution in [-0.4, -0.2) is 44.8 Å². The molecule has 0 aromatic carbocycles. The monoisotopic (exact) mass is 236 g/mol. The van der Waals surface area contributed by atoms with Crippen LogP contribution in [0, 0.1) is 0 Å². The summed E-state index contributed by atoms with van der Waals surface area (Å²) in [5, 5.41) is 0. The summed E-state index contributed by atoms with van der Waals surface area (Å²) in [7, 11) is 3.28. The van der Waals surface area contributed by atoms with Gasteiger partial charge >= 0.3 is 0 Å². The third-order valence-electron chi connectivity index (χ3n) is 1.87. The van der Waals surface area contributed by atoms with Gasteiger partial charge in [0.1, 0.15) is 12.6 Å². The molecule has 2 unspecified atom stereocenters. The summed E-state index contributed by atoms with van der Waals surface area (Å²) >= 11 is 0. The van der Waals surface area contributed by atoms with E-state index in [-0.39, 0.29) is 18.1 Å². The first-order chi connectivity index (χ1) is 7.28. The van der Waals surface area contributed by atoms with Crippen LogP contribution in [0.15, 0.2) is 0 Å². The van der Waals surface area contributed by atoms with Gasteiger partial charge in [-0.25, -0.2) is 0 Å². The average Bonchev–Trinajstić information content (AvgIpc) is 2.75. The lowest BCUT2D eigenvalue weighted by molar-refractivity contribution is -0.185. The predicted molar refractivity (Wildman–Crippen MR) is 56.9 cm³/mol. The molecule has 0 amide bonds. The lowest BCUT2D eigenvalue weighted by Gasteiger charge is -2.09. The van der Waals surface area contributed by atoms with Crippen molar-refractivity contribution < 1.29 is 29.3 Å². The molecule has 0 aromatic rings.